The molecule has 12 heteroatoms. The van der Waals surface area contributed by atoms with Gasteiger partial charge in [0.1, 0.15) is 18.0 Å². The summed E-state index contributed by atoms with van der Waals surface area (Å²) in [6, 6.07) is 10.6. The smallest absolute Gasteiger partial charge is 0.303 e. The summed E-state index contributed by atoms with van der Waals surface area (Å²) >= 11 is 0. The summed E-state index contributed by atoms with van der Waals surface area (Å²) in [5, 5.41) is 25.4. The Hall–Kier alpha value is -4.00. The Morgan fingerprint density at radius 2 is 1.94 bits per heavy atom. The Labute approximate surface area is 286 Å². The van der Waals surface area contributed by atoms with E-state index in [9.17, 15) is 28.3 Å². The Kier molecular flexibility index (Phi) is 12.8. The summed E-state index contributed by atoms with van der Waals surface area (Å²) in [6.45, 7) is 7.52. The van der Waals surface area contributed by atoms with E-state index in [-0.39, 0.29) is 24.2 Å². The van der Waals surface area contributed by atoms with Crippen LogP contribution >= 0.6 is 0 Å². The van der Waals surface area contributed by atoms with Gasteiger partial charge in [-0.05, 0) is 87.8 Å². The number of hydrogen-bond donors (Lipinski definition) is 4. The molecule has 1 aromatic carbocycles. The highest BCUT2D eigenvalue weighted by Crippen LogP contribution is 2.54. The van der Waals surface area contributed by atoms with Crippen molar-refractivity contribution in [2.24, 2.45) is 11.3 Å². The minimum atomic E-state index is -1.84. The van der Waals surface area contributed by atoms with Crippen molar-refractivity contribution in [1.82, 2.24) is 10.3 Å². The van der Waals surface area contributed by atoms with E-state index in [0.717, 1.165) is 12.0 Å². The zero-order valence-electron chi connectivity index (χ0n) is 28.5. The molecule has 4 rings (SSSR count). The number of amides is 2. The van der Waals surface area contributed by atoms with Gasteiger partial charge < -0.3 is 30.3 Å². The number of carbonyl (C=O) groups is 3. The molecule has 2 aliphatic rings. The number of halogens is 2. The van der Waals surface area contributed by atoms with Gasteiger partial charge in [-0.25, -0.2) is 9.37 Å². The molecule has 266 valence electrons. The summed E-state index contributed by atoms with van der Waals surface area (Å²) in [5.41, 5.74) is 1.73. The number of anilines is 1. The predicted molar refractivity (Wildman–Crippen MR) is 181 cm³/mol. The number of ether oxygens (including phenoxy) is 2. The van der Waals surface area contributed by atoms with Crippen molar-refractivity contribution in [3.05, 3.63) is 71.3 Å². The number of rotatable bonds is 18. The van der Waals surface area contributed by atoms with Crippen LogP contribution < -0.4 is 10.6 Å². The molecule has 4 atom stereocenters. The van der Waals surface area contributed by atoms with Gasteiger partial charge in [-0.2, -0.15) is 0 Å². The van der Waals surface area contributed by atoms with E-state index in [0.29, 0.717) is 60.6 Å². The highest BCUT2D eigenvalue weighted by Gasteiger charge is 2.53. The quantitative estimate of drug-likeness (QED) is 0.148. The van der Waals surface area contributed by atoms with Crippen LogP contribution in [0.4, 0.5) is 14.6 Å². The second kappa shape index (κ2) is 16.6. The number of pyridine rings is 1. The van der Waals surface area contributed by atoms with Gasteiger partial charge in [0.2, 0.25) is 12.3 Å². The highest BCUT2D eigenvalue weighted by atomic mass is 19.2. The maximum Gasteiger partial charge on any atom is 0.303 e. The lowest BCUT2D eigenvalue weighted by molar-refractivity contribution is -0.139. The zero-order valence-corrected chi connectivity index (χ0v) is 28.5. The van der Waals surface area contributed by atoms with Crippen molar-refractivity contribution < 1.29 is 42.9 Å². The number of aryl methyl sites for hydroxylation is 1. The number of aromatic nitrogens is 1. The maximum absolute atomic E-state index is 13.8. The first-order chi connectivity index (χ1) is 23.3. The molecule has 2 amide bonds. The molecule has 0 aliphatic heterocycles. The minimum absolute atomic E-state index is 0.0213. The van der Waals surface area contributed by atoms with Crippen LogP contribution in [-0.4, -0.2) is 77.0 Å². The molecule has 1 saturated carbocycles. The van der Waals surface area contributed by atoms with Gasteiger partial charge >= 0.3 is 5.97 Å². The summed E-state index contributed by atoms with van der Waals surface area (Å²) in [5.74, 6) is -1.03. The number of nitrogens with zero attached hydrogens (tertiary/aromatic N) is 1. The number of carboxylic acids is 1. The van der Waals surface area contributed by atoms with E-state index in [2.05, 4.69) is 10.6 Å². The van der Waals surface area contributed by atoms with Crippen molar-refractivity contribution in [3.63, 3.8) is 0 Å². The molecule has 0 radical (unpaired) electrons. The number of allylic oxidation sites excluding steroid dienone is 1. The second-order valence-electron chi connectivity index (χ2n) is 13.4. The van der Waals surface area contributed by atoms with Gasteiger partial charge in [0.05, 0.1) is 30.0 Å². The third kappa shape index (κ3) is 10.3. The molecule has 4 N–H and O–H groups in total. The molecule has 0 spiro atoms. The van der Waals surface area contributed by atoms with Gasteiger partial charge in [-0.3, -0.25) is 18.8 Å². The third-order valence-corrected chi connectivity index (χ3v) is 9.05. The average Bonchev–Trinajstić information content (AvgIpc) is 3.88. The van der Waals surface area contributed by atoms with E-state index >= 15 is 0 Å². The van der Waals surface area contributed by atoms with Crippen LogP contribution in [0.5, 0.6) is 0 Å². The van der Waals surface area contributed by atoms with Gasteiger partial charge in [0.15, 0.2) is 0 Å². The van der Waals surface area contributed by atoms with Crippen LogP contribution in [0.3, 0.4) is 0 Å². The highest BCUT2D eigenvalue weighted by molar-refractivity contribution is 6.00. The number of carbonyl (C=O) groups excluding carboxylic acids is 2. The van der Waals surface area contributed by atoms with E-state index < -0.39 is 48.6 Å². The van der Waals surface area contributed by atoms with E-state index in [4.69, 9.17) is 19.6 Å². The fourth-order valence-electron chi connectivity index (χ4n) is 5.61. The van der Waals surface area contributed by atoms with Crippen LogP contribution in [0.25, 0.3) is 11.3 Å². The Morgan fingerprint density at radius 1 is 1.18 bits per heavy atom. The second-order valence-corrected chi connectivity index (χ2v) is 13.4. The van der Waals surface area contributed by atoms with Crippen LogP contribution in [0.1, 0.15) is 75.2 Å². The maximum atomic E-state index is 13.8. The molecule has 4 unspecified atom stereocenters. The Balaban J connectivity index is 1.38. The van der Waals surface area contributed by atoms with E-state index in [1.165, 1.54) is 12.2 Å². The number of hydrogen-bond acceptors (Lipinski definition) is 7. The van der Waals surface area contributed by atoms with Crippen LogP contribution in [0.2, 0.25) is 0 Å². The molecule has 0 saturated heterocycles. The lowest BCUT2D eigenvalue weighted by Crippen LogP contribution is -2.34. The van der Waals surface area contributed by atoms with Gasteiger partial charge in [0, 0.05) is 30.5 Å². The zero-order chi connectivity index (χ0) is 35.8. The van der Waals surface area contributed by atoms with Gasteiger partial charge in [-0.1, -0.05) is 37.3 Å². The standard InChI is InChI=1S/C37H47F2N3O7/c1-5-24(22-48-36(3,4)15-13-32(44)45)21-40-34(46)26-8-6-7-25(19-26)33-23(2)9-12-31(41-33)42-35(47)37(16-17-37)27-10-11-29(28(43)20-27)49-30(39)14-18-38/h6-12,19-20,24,28-30,43H,5,13-18,21-22H2,1-4H3,(H,40,46)(H,44,45)(H,41,42,47). The summed E-state index contributed by atoms with van der Waals surface area (Å²) in [6.07, 6.45) is 2.51. The van der Waals surface area contributed by atoms with Crippen LogP contribution in [-0.2, 0) is 19.1 Å². The molecule has 1 fully saturated rings. The van der Waals surface area contributed by atoms with Crippen molar-refractivity contribution in [2.75, 3.05) is 25.1 Å². The minimum Gasteiger partial charge on any atom is -0.481 e. The molecule has 2 aromatic rings. The van der Waals surface area contributed by atoms with Crippen molar-refractivity contribution >= 4 is 23.6 Å². The molecular formula is C37H47F2N3O7. The van der Waals surface area contributed by atoms with Crippen LogP contribution in [0.15, 0.2) is 60.2 Å². The van der Waals surface area contributed by atoms with Crippen molar-refractivity contribution in [3.8, 4) is 11.3 Å². The lowest BCUT2D eigenvalue weighted by atomic mass is 9.88. The number of aliphatic hydroxyl groups excluding tert-OH is 1. The number of alkyl halides is 2. The fourth-order valence-corrected chi connectivity index (χ4v) is 5.61. The molecule has 1 aromatic heterocycles. The molecule has 49 heavy (non-hydrogen) atoms. The predicted octanol–water partition coefficient (Wildman–Crippen LogP) is 6.09. The molecule has 0 bridgehead atoms. The van der Waals surface area contributed by atoms with Gasteiger partial charge in [0.25, 0.3) is 5.91 Å². The SMILES string of the molecule is CCC(CNC(=O)c1cccc(-c2nc(NC(=O)C3(C4=CC(O)C(OC(F)CCF)C=C4)CC3)ccc2C)c1)COC(C)(C)CCC(=O)O. The topological polar surface area (TPSA) is 147 Å². The first-order valence-corrected chi connectivity index (χ1v) is 16.7. The first kappa shape index (κ1) is 37.8. The van der Waals surface area contributed by atoms with Gasteiger partial charge in [-0.15, -0.1) is 0 Å². The summed E-state index contributed by atoms with van der Waals surface area (Å²) in [7, 11) is 0. The molecular weight excluding hydrogens is 636 g/mol. The van der Waals surface area contributed by atoms with Crippen molar-refractivity contribution in [2.45, 2.75) is 90.4 Å². The lowest BCUT2D eigenvalue weighted by Gasteiger charge is -2.27. The van der Waals surface area contributed by atoms with E-state index in [1.54, 1.807) is 30.3 Å². The van der Waals surface area contributed by atoms with Crippen LogP contribution in [0, 0.1) is 18.3 Å². The molecule has 1 heterocycles. The monoisotopic (exact) mass is 683 g/mol. The average molecular weight is 684 g/mol. The summed E-state index contributed by atoms with van der Waals surface area (Å²) < 4.78 is 37.3. The molecule has 10 nitrogen and oxygen atoms in total. The Morgan fingerprint density at radius 3 is 2.59 bits per heavy atom. The number of nitrogens with one attached hydrogen (secondary N) is 2. The number of benzene rings is 1. The number of aliphatic hydroxyl groups is 1. The molecule has 2 aliphatic carbocycles. The first-order valence-electron chi connectivity index (χ1n) is 16.7. The van der Waals surface area contributed by atoms with Crippen molar-refractivity contribution in [1.29, 1.82) is 0 Å². The third-order valence-electron chi connectivity index (χ3n) is 9.05. The summed E-state index contributed by atoms with van der Waals surface area (Å²) in [4.78, 5) is 42.3. The van der Waals surface area contributed by atoms with E-state index in [1.807, 2.05) is 39.8 Å². The fraction of sp³-hybridized carbons (Fsp3) is 0.514. The normalized spacial score (nSPS) is 19.4. The Bertz CT molecular complexity index is 1560. The largest absolute Gasteiger partial charge is 0.481 e. The number of carboxylic acid groups (broad SMARTS) is 1. The number of aliphatic carboxylic acids is 1.